The molecule has 1 aliphatic rings. The normalized spacial score (nSPS) is 16.7. The summed E-state index contributed by atoms with van der Waals surface area (Å²) in [6.45, 7) is 5.28. The molecule has 0 saturated carbocycles. The Labute approximate surface area is 123 Å². The molecule has 0 bridgehead atoms. The highest BCUT2D eigenvalue weighted by Crippen LogP contribution is 2.27. The molecule has 1 fully saturated rings. The highest BCUT2D eigenvalue weighted by Gasteiger charge is 2.25. The number of benzene rings is 1. The first-order valence-electron chi connectivity index (χ1n) is 6.55. The maximum absolute atomic E-state index is 12.3. The van der Waals surface area contributed by atoms with Crippen molar-refractivity contribution in [3.63, 3.8) is 0 Å². The summed E-state index contributed by atoms with van der Waals surface area (Å²) < 4.78 is 28.4. The van der Waals surface area contributed by atoms with Crippen molar-refractivity contribution in [3.8, 4) is 0 Å². The molecule has 0 aliphatic carbocycles. The first kappa shape index (κ1) is 15.7. The molecule has 1 heterocycles. The topological polar surface area (TPSA) is 105 Å². The van der Waals surface area contributed by atoms with E-state index in [1.54, 1.807) is 19.9 Å². The molecule has 1 saturated heterocycles. The molecular weight excluding hydrogens is 296 g/mol. The number of rotatable bonds is 4. The Bertz CT molecular complexity index is 653. The molecule has 21 heavy (non-hydrogen) atoms. The molecule has 1 aromatic rings. The van der Waals surface area contributed by atoms with Crippen LogP contribution in [0.5, 0.6) is 0 Å². The number of piperazine rings is 1. The summed E-state index contributed by atoms with van der Waals surface area (Å²) in [4.78, 5) is 10.4. The van der Waals surface area contributed by atoms with Crippen LogP contribution in [0.25, 0.3) is 0 Å². The molecule has 0 atom stereocenters. The van der Waals surface area contributed by atoms with Crippen LogP contribution in [0.2, 0.25) is 0 Å². The zero-order valence-electron chi connectivity index (χ0n) is 11.9. The minimum absolute atomic E-state index is 0.0985. The summed E-state index contributed by atoms with van der Waals surface area (Å²) in [7, 11) is -3.69. The van der Waals surface area contributed by atoms with Gasteiger partial charge in [0, 0.05) is 37.8 Å². The van der Waals surface area contributed by atoms with E-state index in [0.29, 0.717) is 37.3 Å². The number of nitro benzene ring substituents is 1. The van der Waals surface area contributed by atoms with Gasteiger partial charge in [0.2, 0.25) is 0 Å². The number of anilines is 1. The Morgan fingerprint density at radius 2 is 1.86 bits per heavy atom. The lowest BCUT2D eigenvalue weighted by Crippen LogP contribution is -2.48. The second-order valence-corrected chi connectivity index (χ2v) is 6.64. The molecule has 0 radical (unpaired) electrons. The standard InChI is InChI=1S/C12H18N4O4S/c1-9-7-10(2)12(16(17)18)8-11(9)14-21(19,20)15-5-3-13-4-6-15/h7-8,13-14H,3-6H2,1-2H3. The van der Waals surface area contributed by atoms with Crippen LogP contribution in [-0.2, 0) is 10.2 Å². The van der Waals surface area contributed by atoms with Gasteiger partial charge in [0.15, 0.2) is 0 Å². The van der Waals surface area contributed by atoms with Crippen LogP contribution in [0, 0.1) is 24.0 Å². The van der Waals surface area contributed by atoms with E-state index in [1.165, 1.54) is 10.4 Å². The molecule has 0 aromatic heterocycles. The van der Waals surface area contributed by atoms with Crippen molar-refractivity contribution < 1.29 is 13.3 Å². The van der Waals surface area contributed by atoms with Crippen molar-refractivity contribution in [2.75, 3.05) is 30.9 Å². The van der Waals surface area contributed by atoms with Crippen LogP contribution >= 0.6 is 0 Å². The van der Waals surface area contributed by atoms with Crippen molar-refractivity contribution in [2.24, 2.45) is 0 Å². The van der Waals surface area contributed by atoms with Gasteiger partial charge >= 0.3 is 10.2 Å². The quantitative estimate of drug-likeness (QED) is 0.631. The van der Waals surface area contributed by atoms with Gasteiger partial charge < -0.3 is 5.32 Å². The van der Waals surface area contributed by atoms with E-state index in [0.717, 1.165) is 0 Å². The summed E-state index contributed by atoms with van der Waals surface area (Å²) in [5.74, 6) is 0. The number of hydrogen-bond acceptors (Lipinski definition) is 5. The summed E-state index contributed by atoms with van der Waals surface area (Å²) in [5.41, 5.74) is 1.30. The lowest BCUT2D eigenvalue weighted by atomic mass is 10.1. The van der Waals surface area contributed by atoms with E-state index in [9.17, 15) is 18.5 Å². The van der Waals surface area contributed by atoms with E-state index < -0.39 is 15.1 Å². The lowest BCUT2D eigenvalue weighted by Gasteiger charge is -2.27. The first-order valence-corrected chi connectivity index (χ1v) is 7.99. The van der Waals surface area contributed by atoms with Crippen LogP contribution in [0.4, 0.5) is 11.4 Å². The third-order valence-electron chi connectivity index (χ3n) is 3.39. The van der Waals surface area contributed by atoms with Crippen molar-refractivity contribution in [2.45, 2.75) is 13.8 Å². The number of nitrogens with one attached hydrogen (secondary N) is 2. The largest absolute Gasteiger partial charge is 0.314 e. The number of nitrogens with zero attached hydrogens (tertiary/aromatic N) is 2. The number of nitro groups is 1. The summed E-state index contributed by atoms with van der Waals surface area (Å²) >= 11 is 0. The van der Waals surface area contributed by atoms with Gasteiger partial charge in [0.05, 0.1) is 10.6 Å². The fourth-order valence-corrected chi connectivity index (χ4v) is 3.53. The monoisotopic (exact) mass is 314 g/mol. The smallest absolute Gasteiger partial charge is 0.301 e. The van der Waals surface area contributed by atoms with Crippen LogP contribution in [0.15, 0.2) is 12.1 Å². The minimum atomic E-state index is -3.69. The predicted octanol–water partition coefficient (Wildman–Crippen LogP) is 0.774. The van der Waals surface area contributed by atoms with Gasteiger partial charge in [-0.3, -0.25) is 14.8 Å². The van der Waals surface area contributed by atoms with E-state index in [2.05, 4.69) is 10.0 Å². The zero-order valence-corrected chi connectivity index (χ0v) is 12.7. The van der Waals surface area contributed by atoms with E-state index in [1.807, 2.05) is 0 Å². The summed E-state index contributed by atoms with van der Waals surface area (Å²) in [5, 5.41) is 14.0. The van der Waals surface area contributed by atoms with Gasteiger partial charge in [-0.2, -0.15) is 12.7 Å². The van der Waals surface area contributed by atoms with Crippen LogP contribution in [0.1, 0.15) is 11.1 Å². The van der Waals surface area contributed by atoms with Gasteiger partial charge in [0.25, 0.3) is 5.69 Å². The van der Waals surface area contributed by atoms with Crippen molar-refractivity contribution >= 4 is 21.6 Å². The third-order valence-corrected chi connectivity index (χ3v) is 4.92. The average molecular weight is 314 g/mol. The molecule has 0 unspecified atom stereocenters. The SMILES string of the molecule is Cc1cc(C)c([N+](=O)[O-])cc1NS(=O)(=O)N1CCNCC1. The zero-order chi connectivity index (χ0) is 15.6. The Morgan fingerprint density at radius 1 is 1.24 bits per heavy atom. The average Bonchev–Trinajstić information content (AvgIpc) is 2.42. The second kappa shape index (κ2) is 5.96. The van der Waals surface area contributed by atoms with E-state index >= 15 is 0 Å². The van der Waals surface area contributed by atoms with Gasteiger partial charge in [-0.25, -0.2) is 0 Å². The highest BCUT2D eigenvalue weighted by atomic mass is 32.2. The molecule has 2 N–H and O–H groups in total. The molecule has 0 spiro atoms. The van der Waals surface area contributed by atoms with Crippen molar-refractivity contribution in [1.29, 1.82) is 0 Å². The molecule has 1 aromatic carbocycles. The number of aryl methyl sites for hydroxylation is 2. The molecule has 1 aliphatic heterocycles. The minimum Gasteiger partial charge on any atom is -0.314 e. The maximum atomic E-state index is 12.3. The van der Waals surface area contributed by atoms with Gasteiger partial charge in [-0.1, -0.05) is 0 Å². The van der Waals surface area contributed by atoms with Gasteiger partial charge in [-0.15, -0.1) is 0 Å². The summed E-state index contributed by atoms with van der Waals surface area (Å²) in [6.07, 6.45) is 0. The van der Waals surface area contributed by atoms with Gasteiger partial charge in [-0.05, 0) is 25.5 Å². The van der Waals surface area contributed by atoms with Crippen LogP contribution < -0.4 is 10.0 Å². The molecule has 9 heteroatoms. The highest BCUT2D eigenvalue weighted by molar-refractivity contribution is 7.90. The first-order chi connectivity index (χ1) is 9.81. The number of hydrogen-bond donors (Lipinski definition) is 2. The van der Waals surface area contributed by atoms with Crippen molar-refractivity contribution in [3.05, 3.63) is 33.4 Å². The summed E-state index contributed by atoms with van der Waals surface area (Å²) in [6, 6.07) is 2.87. The van der Waals surface area contributed by atoms with Crippen molar-refractivity contribution in [1.82, 2.24) is 9.62 Å². The third kappa shape index (κ3) is 3.49. The Balaban J connectivity index is 2.30. The molecule has 8 nitrogen and oxygen atoms in total. The molecule has 0 amide bonds. The Hall–Kier alpha value is -1.71. The van der Waals surface area contributed by atoms with Crippen LogP contribution in [-0.4, -0.2) is 43.8 Å². The van der Waals surface area contributed by atoms with Crippen LogP contribution in [0.3, 0.4) is 0 Å². The van der Waals surface area contributed by atoms with Gasteiger partial charge in [0.1, 0.15) is 0 Å². The molecule has 116 valence electrons. The van der Waals surface area contributed by atoms with E-state index in [4.69, 9.17) is 0 Å². The second-order valence-electron chi connectivity index (χ2n) is 4.97. The Kier molecular flexibility index (Phi) is 4.45. The van der Waals surface area contributed by atoms with E-state index in [-0.39, 0.29) is 11.4 Å². The fourth-order valence-electron chi connectivity index (χ4n) is 2.24. The lowest BCUT2D eigenvalue weighted by molar-refractivity contribution is -0.385. The molecule has 2 rings (SSSR count). The maximum Gasteiger partial charge on any atom is 0.301 e. The predicted molar refractivity (Wildman–Crippen MR) is 79.6 cm³/mol. The Morgan fingerprint density at radius 3 is 2.43 bits per heavy atom. The fraction of sp³-hybridized carbons (Fsp3) is 0.500. The molecular formula is C12H18N4O4S.